The predicted octanol–water partition coefficient (Wildman–Crippen LogP) is 4.47. The molecule has 1 aliphatic rings. The number of aliphatic hydroxyl groups is 1. The van der Waals surface area contributed by atoms with Gasteiger partial charge in [0.1, 0.15) is 0 Å². The van der Waals surface area contributed by atoms with E-state index in [2.05, 4.69) is 15.9 Å². The van der Waals surface area contributed by atoms with E-state index in [0.717, 1.165) is 22.9 Å². The summed E-state index contributed by atoms with van der Waals surface area (Å²) >= 11 is 9.47. The van der Waals surface area contributed by atoms with Gasteiger partial charge in [0, 0.05) is 9.50 Å². The van der Waals surface area contributed by atoms with Gasteiger partial charge in [-0.05, 0) is 42.5 Å². The first-order chi connectivity index (χ1) is 8.59. The van der Waals surface area contributed by atoms with E-state index < -0.39 is 6.10 Å². The van der Waals surface area contributed by atoms with Crippen LogP contribution in [0.5, 0.6) is 0 Å². The van der Waals surface area contributed by atoms with E-state index in [1.165, 1.54) is 19.3 Å². The van der Waals surface area contributed by atoms with Crippen LogP contribution in [0.3, 0.4) is 0 Å². The lowest BCUT2D eigenvalue weighted by Gasteiger charge is -2.31. The van der Waals surface area contributed by atoms with E-state index in [0.29, 0.717) is 10.9 Å². The number of aliphatic hydroxyl groups excluding tert-OH is 1. The molecule has 1 fully saturated rings. The first-order valence-corrected chi connectivity index (χ1v) is 7.65. The predicted molar refractivity (Wildman–Crippen MR) is 85.9 cm³/mol. The molecule has 0 spiro atoms. The van der Waals surface area contributed by atoms with Crippen LogP contribution in [0.2, 0.25) is 5.02 Å². The Hall–Kier alpha value is 0.200. The highest BCUT2D eigenvalue weighted by Gasteiger charge is 2.28. The lowest BCUT2D eigenvalue weighted by molar-refractivity contribution is 0.0616. The molecule has 0 unspecified atom stereocenters. The van der Waals surface area contributed by atoms with Gasteiger partial charge >= 0.3 is 0 Å². The summed E-state index contributed by atoms with van der Waals surface area (Å²) in [7, 11) is 0. The third-order valence-corrected chi connectivity index (χ3v) is 4.78. The molecule has 1 saturated carbocycles. The number of hydrogen-bond acceptors (Lipinski definition) is 2. The topological polar surface area (TPSA) is 46.2 Å². The molecule has 0 saturated heterocycles. The molecule has 0 heterocycles. The highest BCUT2D eigenvalue weighted by Crippen LogP contribution is 2.34. The summed E-state index contributed by atoms with van der Waals surface area (Å²) < 4.78 is 0.911. The second kappa shape index (κ2) is 7.84. The molecular weight excluding hydrogens is 349 g/mol. The van der Waals surface area contributed by atoms with Crippen LogP contribution >= 0.6 is 39.9 Å². The number of rotatable bonds is 3. The van der Waals surface area contributed by atoms with Gasteiger partial charge in [0.15, 0.2) is 0 Å². The second-order valence-electron chi connectivity index (χ2n) is 5.08. The van der Waals surface area contributed by atoms with Gasteiger partial charge in [-0.3, -0.25) is 0 Å². The van der Waals surface area contributed by atoms with Crippen LogP contribution in [0, 0.1) is 5.92 Å². The smallest absolute Gasteiger partial charge is 0.0761 e. The third kappa shape index (κ3) is 4.33. The maximum atomic E-state index is 10.4. The van der Waals surface area contributed by atoms with Gasteiger partial charge < -0.3 is 10.8 Å². The zero-order valence-electron chi connectivity index (χ0n) is 10.7. The van der Waals surface area contributed by atoms with Gasteiger partial charge in [0.25, 0.3) is 0 Å². The maximum absolute atomic E-state index is 10.4. The lowest BCUT2D eigenvalue weighted by atomic mass is 9.81. The van der Waals surface area contributed by atoms with Gasteiger partial charge in [-0.15, -0.1) is 12.4 Å². The zero-order valence-corrected chi connectivity index (χ0v) is 13.8. The summed E-state index contributed by atoms with van der Waals surface area (Å²) in [6, 6.07) is 5.16. The Bertz CT molecular complexity index is 410. The van der Waals surface area contributed by atoms with Crippen molar-refractivity contribution in [1.29, 1.82) is 0 Å². The number of benzene rings is 1. The van der Waals surface area contributed by atoms with E-state index in [1.54, 1.807) is 0 Å². The number of hydrogen-bond donors (Lipinski definition) is 2. The first-order valence-electron chi connectivity index (χ1n) is 6.48. The van der Waals surface area contributed by atoms with Crippen LogP contribution in [0.15, 0.2) is 22.7 Å². The molecule has 2 nitrogen and oxygen atoms in total. The van der Waals surface area contributed by atoms with E-state index >= 15 is 0 Å². The Morgan fingerprint density at radius 3 is 2.53 bits per heavy atom. The van der Waals surface area contributed by atoms with E-state index in [4.69, 9.17) is 17.3 Å². The van der Waals surface area contributed by atoms with Crippen molar-refractivity contribution < 1.29 is 5.11 Å². The molecule has 0 aliphatic heterocycles. The Kier molecular flexibility index (Phi) is 7.12. The summed E-state index contributed by atoms with van der Waals surface area (Å²) in [6.07, 6.45) is 5.34. The SMILES string of the molecule is Cl.N[C@H](c1cc(Cl)ccc1Br)[C@@H](O)C1CCCCC1. The Balaban J connectivity index is 0.00000180. The van der Waals surface area contributed by atoms with Crippen LogP contribution in [0.4, 0.5) is 0 Å². The molecule has 5 heteroatoms. The first kappa shape index (κ1) is 17.3. The minimum atomic E-state index is -0.486. The fraction of sp³-hybridized carbons (Fsp3) is 0.571. The van der Waals surface area contributed by atoms with Gasteiger partial charge in [-0.2, -0.15) is 0 Å². The summed E-state index contributed by atoms with van der Waals surface area (Å²) in [4.78, 5) is 0. The molecule has 0 aromatic heterocycles. The summed E-state index contributed by atoms with van der Waals surface area (Å²) in [6.45, 7) is 0. The van der Waals surface area contributed by atoms with Crippen LogP contribution in [-0.4, -0.2) is 11.2 Å². The van der Waals surface area contributed by atoms with Crippen molar-refractivity contribution in [2.45, 2.75) is 44.2 Å². The maximum Gasteiger partial charge on any atom is 0.0761 e. The van der Waals surface area contributed by atoms with Crippen molar-refractivity contribution >= 4 is 39.9 Å². The summed E-state index contributed by atoms with van der Waals surface area (Å²) in [5.74, 6) is 0.319. The molecule has 0 bridgehead atoms. The van der Waals surface area contributed by atoms with E-state index in [9.17, 15) is 5.11 Å². The van der Waals surface area contributed by atoms with Crippen LogP contribution in [0.1, 0.15) is 43.7 Å². The quantitative estimate of drug-likeness (QED) is 0.826. The molecule has 1 aromatic carbocycles. The highest BCUT2D eigenvalue weighted by molar-refractivity contribution is 9.10. The Morgan fingerprint density at radius 2 is 1.89 bits per heavy atom. The fourth-order valence-electron chi connectivity index (χ4n) is 2.72. The molecule has 0 radical (unpaired) electrons. The van der Waals surface area contributed by atoms with Crippen molar-refractivity contribution in [2.24, 2.45) is 11.7 Å². The number of nitrogens with two attached hydrogens (primary N) is 1. The normalized spacial score (nSPS) is 19.6. The third-order valence-electron chi connectivity index (χ3n) is 3.82. The summed E-state index contributed by atoms with van der Waals surface area (Å²) in [5, 5.41) is 11.1. The van der Waals surface area contributed by atoms with Gasteiger partial charge in [-0.1, -0.05) is 46.8 Å². The largest absolute Gasteiger partial charge is 0.391 e. The molecule has 1 aromatic rings. The molecule has 1 aliphatic carbocycles. The molecule has 3 N–H and O–H groups in total. The molecular formula is C14H20BrCl2NO. The van der Waals surface area contributed by atoms with Crippen LogP contribution in [0.25, 0.3) is 0 Å². The monoisotopic (exact) mass is 367 g/mol. The van der Waals surface area contributed by atoms with Crippen molar-refractivity contribution in [3.05, 3.63) is 33.3 Å². The minimum absolute atomic E-state index is 0. The average Bonchev–Trinajstić information content (AvgIpc) is 2.41. The molecule has 2 atom stereocenters. The van der Waals surface area contributed by atoms with Gasteiger partial charge in [0.2, 0.25) is 0 Å². The standard InChI is InChI=1S/C14H19BrClNO.ClH/c15-12-7-6-10(16)8-11(12)13(17)14(18)9-4-2-1-3-5-9;/h6-9,13-14,18H,1-5,17H2;1H/t13-,14+;/m1./s1. The fourth-order valence-corrected chi connectivity index (χ4v) is 3.41. The van der Waals surface area contributed by atoms with Crippen LogP contribution in [-0.2, 0) is 0 Å². The average molecular weight is 369 g/mol. The minimum Gasteiger partial charge on any atom is -0.391 e. The van der Waals surface area contributed by atoms with Gasteiger partial charge in [-0.25, -0.2) is 0 Å². The molecule has 2 rings (SSSR count). The molecule has 19 heavy (non-hydrogen) atoms. The van der Waals surface area contributed by atoms with Gasteiger partial charge in [0.05, 0.1) is 12.1 Å². The lowest BCUT2D eigenvalue weighted by Crippen LogP contribution is -2.34. The highest BCUT2D eigenvalue weighted by atomic mass is 79.9. The van der Waals surface area contributed by atoms with E-state index in [1.807, 2.05) is 18.2 Å². The number of halogens is 3. The summed E-state index contributed by atoms with van der Waals surface area (Å²) in [5.41, 5.74) is 7.09. The van der Waals surface area contributed by atoms with Crippen LogP contribution < -0.4 is 5.73 Å². The molecule has 0 amide bonds. The Morgan fingerprint density at radius 1 is 1.26 bits per heavy atom. The Labute approximate surface area is 134 Å². The van der Waals surface area contributed by atoms with E-state index in [-0.39, 0.29) is 18.4 Å². The van der Waals surface area contributed by atoms with Crippen molar-refractivity contribution in [3.8, 4) is 0 Å². The molecule has 108 valence electrons. The second-order valence-corrected chi connectivity index (χ2v) is 6.37. The van der Waals surface area contributed by atoms with Crippen molar-refractivity contribution in [2.75, 3.05) is 0 Å². The zero-order chi connectivity index (χ0) is 13.1. The van der Waals surface area contributed by atoms with Crippen molar-refractivity contribution in [1.82, 2.24) is 0 Å². The van der Waals surface area contributed by atoms with Crippen molar-refractivity contribution in [3.63, 3.8) is 0 Å².